The number of rotatable bonds is 0. The molecule has 3 heteroatoms. The van der Waals surface area contributed by atoms with Crippen LogP contribution >= 0.6 is 12.4 Å². The second-order valence-corrected chi connectivity index (χ2v) is 5.91. The first-order valence-electron chi connectivity index (χ1n) is 6.44. The lowest BCUT2D eigenvalue weighted by molar-refractivity contribution is 0.0225. The number of nitrogens with zero attached hydrogens (tertiary/aromatic N) is 1. The highest BCUT2D eigenvalue weighted by atomic mass is 35.5. The maximum Gasteiger partial charge on any atom is 0.142 e. The molecule has 0 bridgehead atoms. The minimum Gasteiger partial charge on any atom is -0.478 e. The van der Waals surface area contributed by atoms with Crippen molar-refractivity contribution < 1.29 is 4.74 Å². The smallest absolute Gasteiger partial charge is 0.142 e. The second-order valence-electron chi connectivity index (χ2n) is 5.91. The van der Waals surface area contributed by atoms with Crippen LogP contribution in [0.2, 0.25) is 0 Å². The van der Waals surface area contributed by atoms with Crippen molar-refractivity contribution in [3.63, 3.8) is 0 Å². The predicted octanol–water partition coefficient (Wildman–Crippen LogP) is 4.21. The Kier molecular flexibility index (Phi) is 3.75. The van der Waals surface area contributed by atoms with Gasteiger partial charge in [0.15, 0.2) is 0 Å². The maximum atomic E-state index is 5.90. The molecule has 2 aromatic carbocycles. The summed E-state index contributed by atoms with van der Waals surface area (Å²) in [6, 6.07) is 12.8. The van der Waals surface area contributed by atoms with Crippen LogP contribution in [0.15, 0.2) is 36.4 Å². The first kappa shape index (κ1) is 14.2. The molecule has 19 heavy (non-hydrogen) atoms. The second kappa shape index (κ2) is 5.03. The van der Waals surface area contributed by atoms with Gasteiger partial charge < -0.3 is 4.74 Å². The average Bonchev–Trinajstić information content (AvgIpc) is 2.37. The molecule has 102 valence electrons. The summed E-state index contributed by atoms with van der Waals surface area (Å²) in [6.07, 6.45) is 0. The Morgan fingerprint density at radius 1 is 1.05 bits per heavy atom. The minimum absolute atomic E-state index is 0. The van der Waals surface area contributed by atoms with Crippen LogP contribution in [0, 0.1) is 0 Å². The van der Waals surface area contributed by atoms with Crippen molar-refractivity contribution in [2.45, 2.75) is 32.9 Å². The van der Waals surface area contributed by atoms with E-state index < -0.39 is 0 Å². The van der Waals surface area contributed by atoms with E-state index in [0.717, 1.165) is 12.3 Å². The molecule has 3 rings (SSSR count). The zero-order valence-electron chi connectivity index (χ0n) is 11.6. The molecule has 0 aliphatic carbocycles. The van der Waals surface area contributed by atoms with Crippen LogP contribution in [0.3, 0.4) is 0 Å². The van der Waals surface area contributed by atoms with E-state index in [0.29, 0.717) is 6.73 Å². The molecule has 0 N–H and O–H groups in total. The van der Waals surface area contributed by atoms with Gasteiger partial charge in [-0.1, -0.05) is 30.3 Å². The van der Waals surface area contributed by atoms with E-state index in [1.54, 1.807) is 0 Å². The van der Waals surface area contributed by atoms with Crippen molar-refractivity contribution in [1.29, 1.82) is 0 Å². The lowest BCUT2D eigenvalue weighted by Crippen LogP contribution is -2.45. The number of hydrogen-bond acceptors (Lipinski definition) is 2. The summed E-state index contributed by atoms with van der Waals surface area (Å²) < 4.78 is 5.90. The summed E-state index contributed by atoms with van der Waals surface area (Å²) in [5.41, 5.74) is 1.45. The highest BCUT2D eigenvalue weighted by molar-refractivity contribution is 5.87. The third kappa shape index (κ3) is 2.56. The molecule has 0 fully saturated rings. The van der Waals surface area contributed by atoms with Crippen LogP contribution < -0.4 is 4.74 Å². The Morgan fingerprint density at radius 2 is 1.79 bits per heavy atom. The third-order valence-corrected chi connectivity index (χ3v) is 3.67. The fourth-order valence-corrected chi connectivity index (χ4v) is 2.43. The molecule has 0 radical (unpaired) electrons. The summed E-state index contributed by atoms with van der Waals surface area (Å²) in [5.74, 6) is 1.04. The summed E-state index contributed by atoms with van der Waals surface area (Å²) in [6.45, 7) is 8.32. The molecular formula is C16H20ClNO. The Bertz CT molecular complexity index is 589. The zero-order chi connectivity index (χ0) is 12.8. The summed E-state index contributed by atoms with van der Waals surface area (Å²) in [7, 11) is 0. The fourth-order valence-electron chi connectivity index (χ4n) is 2.43. The SMILES string of the molecule is CC(C)(C)N1COc2ccc3ccccc3c2C1.Cl. The van der Waals surface area contributed by atoms with Gasteiger partial charge in [-0.05, 0) is 37.6 Å². The number of halogens is 1. The van der Waals surface area contributed by atoms with Crippen LogP contribution in [0.25, 0.3) is 10.8 Å². The Labute approximate surface area is 120 Å². The van der Waals surface area contributed by atoms with Gasteiger partial charge in [0.1, 0.15) is 12.5 Å². The highest BCUT2D eigenvalue weighted by Gasteiger charge is 2.27. The molecule has 2 nitrogen and oxygen atoms in total. The first-order chi connectivity index (χ1) is 8.55. The molecule has 0 atom stereocenters. The Morgan fingerprint density at radius 3 is 2.53 bits per heavy atom. The summed E-state index contributed by atoms with van der Waals surface area (Å²) in [4.78, 5) is 2.36. The van der Waals surface area contributed by atoms with Gasteiger partial charge >= 0.3 is 0 Å². The van der Waals surface area contributed by atoms with Crippen LogP contribution in [0.4, 0.5) is 0 Å². The number of hydrogen-bond donors (Lipinski definition) is 0. The molecule has 0 aromatic heterocycles. The van der Waals surface area contributed by atoms with E-state index in [1.807, 2.05) is 0 Å². The third-order valence-electron chi connectivity index (χ3n) is 3.67. The molecule has 0 saturated heterocycles. The van der Waals surface area contributed by atoms with E-state index in [-0.39, 0.29) is 17.9 Å². The van der Waals surface area contributed by atoms with Gasteiger partial charge in [0.05, 0.1) is 0 Å². The number of ether oxygens (including phenoxy) is 1. The topological polar surface area (TPSA) is 12.5 Å². The molecular weight excluding hydrogens is 258 g/mol. The van der Waals surface area contributed by atoms with Crippen molar-refractivity contribution >= 4 is 23.2 Å². The lowest BCUT2D eigenvalue weighted by Gasteiger charge is -2.39. The summed E-state index contributed by atoms with van der Waals surface area (Å²) >= 11 is 0. The van der Waals surface area contributed by atoms with Gasteiger partial charge in [0.2, 0.25) is 0 Å². The number of benzene rings is 2. The average molecular weight is 278 g/mol. The molecule has 1 aliphatic rings. The van der Waals surface area contributed by atoms with Crippen LogP contribution in [0.5, 0.6) is 5.75 Å². The molecule has 1 heterocycles. The number of fused-ring (bicyclic) bond motifs is 3. The maximum absolute atomic E-state index is 5.90. The molecule has 1 aliphatic heterocycles. The van der Waals surface area contributed by atoms with E-state index >= 15 is 0 Å². The van der Waals surface area contributed by atoms with E-state index in [2.05, 4.69) is 62.1 Å². The summed E-state index contributed by atoms with van der Waals surface area (Å²) in [5, 5.41) is 2.60. The minimum atomic E-state index is 0. The van der Waals surface area contributed by atoms with Crippen molar-refractivity contribution in [2.75, 3.05) is 6.73 Å². The first-order valence-corrected chi connectivity index (χ1v) is 6.44. The Balaban J connectivity index is 0.00000133. The van der Waals surface area contributed by atoms with Gasteiger partial charge in [-0.3, -0.25) is 4.90 Å². The van der Waals surface area contributed by atoms with E-state index in [4.69, 9.17) is 4.74 Å². The molecule has 0 unspecified atom stereocenters. The van der Waals surface area contributed by atoms with Gasteiger partial charge in [-0.15, -0.1) is 12.4 Å². The van der Waals surface area contributed by atoms with Crippen LogP contribution in [0.1, 0.15) is 26.3 Å². The normalized spacial score (nSPS) is 15.5. The van der Waals surface area contributed by atoms with E-state index in [1.165, 1.54) is 16.3 Å². The molecule has 0 spiro atoms. The van der Waals surface area contributed by atoms with Gasteiger partial charge in [0.25, 0.3) is 0 Å². The van der Waals surface area contributed by atoms with Crippen LogP contribution in [-0.4, -0.2) is 17.2 Å². The standard InChI is InChI=1S/C16H19NO.ClH/c1-16(2,3)17-10-14-13-7-5-4-6-12(13)8-9-15(14)18-11-17;/h4-9H,10-11H2,1-3H3;1H. The molecule has 2 aromatic rings. The molecule has 0 amide bonds. The van der Waals surface area contributed by atoms with Gasteiger partial charge in [-0.2, -0.15) is 0 Å². The lowest BCUT2D eigenvalue weighted by atomic mass is 9.99. The van der Waals surface area contributed by atoms with E-state index in [9.17, 15) is 0 Å². The monoisotopic (exact) mass is 277 g/mol. The van der Waals surface area contributed by atoms with Crippen molar-refractivity contribution in [2.24, 2.45) is 0 Å². The molecule has 0 saturated carbocycles. The predicted molar refractivity (Wildman–Crippen MR) is 82.0 cm³/mol. The van der Waals surface area contributed by atoms with Gasteiger partial charge in [0, 0.05) is 17.6 Å². The quantitative estimate of drug-likeness (QED) is 0.715. The van der Waals surface area contributed by atoms with Gasteiger partial charge in [-0.25, -0.2) is 0 Å². The van der Waals surface area contributed by atoms with Crippen molar-refractivity contribution in [1.82, 2.24) is 4.90 Å². The van der Waals surface area contributed by atoms with Crippen molar-refractivity contribution in [3.8, 4) is 5.75 Å². The highest BCUT2D eigenvalue weighted by Crippen LogP contribution is 2.34. The van der Waals surface area contributed by atoms with Crippen molar-refractivity contribution in [3.05, 3.63) is 42.0 Å². The fraction of sp³-hybridized carbons (Fsp3) is 0.375. The zero-order valence-corrected chi connectivity index (χ0v) is 12.5. The largest absolute Gasteiger partial charge is 0.478 e. The Hall–Kier alpha value is -1.25. The van der Waals surface area contributed by atoms with Crippen LogP contribution in [-0.2, 0) is 6.54 Å².